The van der Waals surface area contributed by atoms with Gasteiger partial charge in [0, 0.05) is 13.6 Å². The lowest BCUT2D eigenvalue weighted by atomic mass is 10.0. The van der Waals surface area contributed by atoms with Crippen LogP contribution in [0.2, 0.25) is 5.02 Å². The largest absolute Gasteiger partial charge is 0.495 e. The normalized spacial score (nSPS) is 18.1. The second-order valence-electron chi connectivity index (χ2n) is 5.49. The fraction of sp³-hybridized carbons (Fsp3) is 0.571. The van der Waals surface area contributed by atoms with Crippen LogP contribution < -0.4 is 4.74 Å². The number of nitrogens with zero attached hydrogens (tertiary/aromatic N) is 1. The van der Waals surface area contributed by atoms with E-state index in [0.29, 0.717) is 18.6 Å². The zero-order valence-electron chi connectivity index (χ0n) is 12.2. The zero-order valence-corrected chi connectivity index (χ0v) is 13.7. The number of hydrogen-bond acceptors (Lipinski definition) is 4. The average Bonchev–Trinajstić information content (AvgIpc) is 2.85. The molecule has 0 radical (unpaired) electrons. The molecule has 0 unspecified atom stereocenters. The quantitative estimate of drug-likeness (QED) is 0.897. The summed E-state index contributed by atoms with van der Waals surface area (Å²) in [5, 5.41) is 10.6. The van der Waals surface area contributed by atoms with Crippen molar-refractivity contribution in [2.45, 2.75) is 36.2 Å². The Balaban J connectivity index is 2.22. The maximum absolute atomic E-state index is 12.5. The van der Waals surface area contributed by atoms with Crippen molar-refractivity contribution in [3.05, 3.63) is 23.2 Å². The van der Waals surface area contributed by atoms with Gasteiger partial charge >= 0.3 is 0 Å². The summed E-state index contributed by atoms with van der Waals surface area (Å²) in [5.74, 6) is 0.424. The maximum Gasteiger partial charge on any atom is 0.242 e. The highest BCUT2D eigenvalue weighted by Gasteiger charge is 2.35. The first-order valence-corrected chi connectivity index (χ1v) is 8.63. The molecule has 21 heavy (non-hydrogen) atoms. The van der Waals surface area contributed by atoms with Gasteiger partial charge in [0.1, 0.15) is 5.75 Å². The minimum atomic E-state index is -3.68. The summed E-state index contributed by atoms with van der Waals surface area (Å²) >= 11 is 5.98. The lowest BCUT2D eigenvalue weighted by Crippen LogP contribution is -2.41. The van der Waals surface area contributed by atoms with Crippen molar-refractivity contribution < 1.29 is 18.3 Å². The van der Waals surface area contributed by atoms with Crippen molar-refractivity contribution in [3.8, 4) is 5.75 Å². The summed E-state index contributed by atoms with van der Waals surface area (Å²) in [7, 11) is -0.733. The summed E-state index contributed by atoms with van der Waals surface area (Å²) in [6.45, 7) is 0.0962. The van der Waals surface area contributed by atoms with Crippen LogP contribution in [-0.4, -0.2) is 44.1 Å². The van der Waals surface area contributed by atoms with Gasteiger partial charge in [0.2, 0.25) is 10.0 Å². The van der Waals surface area contributed by atoms with Gasteiger partial charge in [-0.15, -0.1) is 0 Å². The van der Waals surface area contributed by atoms with E-state index < -0.39 is 15.6 Å². The van der Waals surface area contributed by atoms with Crippen LogP contribution >= 0.6 is 11.6 Å². The van der Waals surface area contributed by atoms with Gasteiger partial charge in [-0.25, -0.2) is 8.42 Å². The summed E-state index contributed by atoms with van der Waals surface area (Å²) in [4.78, 5) is 0.0948. The van der Waals surface area contributed by atoms with Crippen molar-refractivity contribution in [1.82, 2.24) is 4.31 Å². The molecule has 1 saturated carbocycles. The van der Waals surface area contributed by atoms with Crippen LogP contribution in [0.5, 0.6) is 5.75 Å². The third-order valence-corrected chi connectivity index (χ3v) is 5.98. The lowest BCUT2D eigenvalue weighted by molar-refractivity contribution is 0.0333. The van der Waals surface area contributed by atoms with Crippen LogP contribution in [-0.2, 0) is 10.0 Å². The first-order chi connectivity index (χ1) is 9.78. The van der Waals surface area contributed by atoms with Gasteiger partial charge in [0.25, 0.3) is 0 Å². The topological polar surface area (TPSA) is 66.8 Å². The van der Waals surface area contributed by atoms with Gasteiger partial charge in [0.05, 0.1) is 22.6 Å². The Bertz CT molecular complexity index is 611. The highest BCUT2D eigenvalue weighted by molar-refractivity contribution is 7.89. The van der Waals surface area contributed by atoms with E-state index in [-0.39, 0.29) is 16.5 Å². The van der Waals surface area contributed by atoms with Crippen LogP contribution in [0.3, 0.4) is 0 Å². The summed E-state index contributed by atoms with van der Waals surface area (Å²) in [5.41, 5.74) is -0.919. The standard InChI is InChI=1S/C14H20ClNO4S/c1-16(10-14(17)7-3-4-8-14)21(18,19)11-5-6-13(20-2)12(15)9-11/h5-6,9,17H,3-4,7-8,10H2,1-2H3. The number of rotatable bonds is 5. The number of halogens is 1. The minimum absolute atomic E-state index is 0.0948. The summed E-state index contributed by atoms with van der Waals surface area (Å²) in [6, 6.07) is 4.34. The fourth-order valence-corrected chi connectivity index (χ4v) is 4.28. The Labute approximate surface area is 130 Å². The number of hydrogen-bond donors (Lipinski definition) is 1. The molecule has 1 aromatic carbocycles. The van der Waals surface area contributed by atoms with Crippen molar-refractivity contribution in [2.24, 2.45) is 0 Å². The molecule has 0 atom stereocenters. The summed E-state index contributed by atoms with van der Waals surface area (Å²) in [6.07, 6.45) is 3.13. The molecule has 7 heteroatoms. The highest BCUT2D eigenvalue weighted by Crippen LogP contribution is 2.32. The minimum Gasteiger partial charge on any atom is -0.495 e. The molecule has 0 saturated heterocycles. The SMILES string of the molecule is COc1ccc(S(=O)(=O)N(C)CC2(O)CCCC2)cc1Cl. The lowest BCUT2D eigenvalue weighted by Gasteiger charge is -2.28. The average molecular weight is 334 g/mol. The van der Waals surface area contributed by atoms with Crippen molar-refractivity contribution in [1.29, 1.82) is 0 Å². The Morgan fingerprint density at radius 1 is 1.38 bits per heavy atom. The molecule has 1 fully saturated rings. The van der Waals surface area contributed by atoms with E-state index in [1.165, 1.54) is 36.7 Å². The third kappa shape index (κ3) is 3.51. The van der Waals surface area contributed by atoms with Crippen LogP contribution in [0.25, 0.3) is 0 Å². The molecule has 0 spiro atoms. The molecule has 2 rings (SSSR count). The number of ether oxygens (including phenoxy) is 1. The first kappa shape index (κ1) is 16.5. The van der Waals surface area contributed by atoms with E-state index in [9.17, 15) is 13.5 Å². The number of benzene rings is 1. The van der Waals surface area contributed by atoms with Gasteiger partial charge in [-0.05, 0) is 31.0 Å². The Kier molecular flexibility index (Phi) is 4.82. The molecule has 0 bridgehead atoms. The van der Waals surface area contributed by atoms with Crippen LogP contribution in [0, 0.1) is 0 Å². The molecule has 1 N–H and O–H groups in total. The van der Waals surface area contributed by atoms with Crippen LogP contribution in [0.4, 0.5) is 0 Å². The molecule has 1 aliphatic carbocycles. The van der Waals surface area contributed by atoms with Gasteiger partial charge in [-0.2, -0.15) is 4.31 Å². The van der Waals surface area contributed by atoms with E-state index in [1.54, 1.807) is 0 Å². The zero-order chi connectivity index (χ0) is 15.7. The molecule has 0 aliphatic heterocycles. The van der Waals surface area contributed by atoms with Crippen LogP contribution in [0.15, 0.2) is 23.1 Å². The molecule has 1 aliphatic rings. The second kappa shape index (κ2) is 6.12. The molecule has 118 valence electrons. The van der Waals surface area contributed by atoms with E-state index in [0.717, 1.165) is 12.8 Å². The van der Waals surface area contributed by atoms with E-state index in [2.05, 4.69) is 0 Å². The van der Waals surface area contributed by atoms with Crippen molar-refractivity contribution >= 4 is 21.6 Å². The molecular formula is C14H20ClNO4S. The Morgan fingerprint density at radius 2 is 2.00 bits per heavy atom. The second-order valence-corrected chi connectivity index (χ2v) is 7.94. The molecule has 5 nitrogen and oxygen atoms in total. The molecule has 0 aromatic heterocycles. The first-order valence-electron chi connectivity index (χ1n) is 6.81. The van der Waals surface area contributed by atoms with Gasteiger partial charge in [0.15, 0.2) is 0 Å². The third-order valence-electron chi connectivity index (χ3n) is 3.88. The van der Waals surface area contributed by atoms with Crippen molar-refractivity contribution in [2.75, 3.05) is 20.7 Å². The number of methoxy groups -OCH3 is 1. The summed E-state index contributed by atoms with van der Waals surface area (Å²) < 4.78 is 31.3. The van der Waals surface area contributed by atoms with E-state index in [4.69, 9.17) is 16.3 Å². The number of sulfonamides is 1. The predicted molar refractivity (Wildman–Crippen MR) is 81.2 cm³/mol. The van der Waals surface area contributed by atoms with E-state index in [1.807, 2.05) is 0 Å². The smallest absolute Gasteiger partial charge is 0.242 e. The number of likely N-dealkylation sites (N-methyl/N-ethyl adjacent to an activating group) is 1. The molecule has 0 amide bonds. The Morgan fingerprint density at radius 3 is 2.52 bits per heavy atom. The predicted octanol–water partition coefficient (Wildman–Crippen LogP) is 2.27. The fourth-order valence-electron chi connectivity index (χ4n) is 2.68. The van der Waals surface area contributed by atoms with Gasteiger partial charge < -0.3 is 9.84 Å². The van der Waals surface area contributed by atoms with Gasteiger partial charge in [-0.3, -0.25) is 0 Å². The molecule has 1 aromatic rings. The van der Waals surface area contributed by atoms with E-state index >= 15 is 0 Å². The van der Waals surface area contributed by atoms with Crippen LogP contribution in [0.1, 0.15) is 25.7 Å². The molecular weight excluding hydrogens is 314 g/mol. The van der Waals surface area contributed by atoms with Crippen molar-refractivity contribution in [3.63, 3.8) is 0 Å². The maximum atomic E-state index is 12.5. The molecule has 0 heterocycles. The number of aliphatic hydroxyl groups is 1. The highest BCUT2D eigenvalue weighted by atomic mass is 35.5. The Hall–Kier alpha value is -0.820. The van der Waals surface area contributed by atoms with Gasteiger partial charge in [-0.1, -0.05) is 24.4 Å². The monoisotopic (exact) mass is 333 g/mol.